The first-order valence-corrected chi connectivity index (χ1v) is 9.63. The van der Waals surface area contributed by atoms with Crippen molar-refractivity contribution in [3.8, 4) is 5.75 Å². The molecule has 10 heteroatoms. The predicted octanol–water partition coefficient (Wildman–Crippen LogP) is 2.15. The zero-order valence-electron chi connectivity index (χ0n) is 16.4. The Morgan fingerprint density at radius 3 is 2.74 bits per heavy atom. The van der Waals surface area contributed by atoms with Gasteiger partial charge in [-0.15, -0.1) is 0 Å². The van der Waals surface area contributed by atoms with Crippen LogP contribution in [0.3, 0.4) is 0 Å². The quantitative estimate of drug-likeness (QED) is 0.458. The van der Waals surface area contributed by atoms with Crippen molar-refractivity contribution in [3.05, 3.63) is 65.6 Å². The Bertz CT molecular complexity index is 940. The van der Waals surface area contributed by atoms with Gasteiger partial charge < -0.3 is 30.3 Å². The number of hydrogen-bond donors (Lipinski definition) is 4. The molecule has 2 aliphatic heterocycles. The number of aliphatic carboxylic acids is 2. The first kappa shape index (κ1) is 22.3. The van der Waals surface area contributed by atoms with Crippen LogP contribution >= 0.6 is 0 Å². The molecule has 1 unspecified atom stereocenters. The summed E-state index contributed by atoms with van der Waals surface area (Å²) >= 11 is 0. The van der Waals surface area contributed by atoms with Crippen molar-refractivity contribution in [3.63, 3.8) is 0 Å². The zero-order chi connectivity index (χ0) is 22.4. The van der Waals surface area contributed by atoms with Gasteiger partial charge in [0, 0.05) is 30.8 Å². The lowest BCUT2D eigenvalue weighted by atomic mass is 9.96. The molecule has 1 aromatic rings. The molecular weight excluding hydrogens is 414 g/mol. The van der Waals surface area contributed by atoms with Crippen LogP contribution in [0.15, 0.2) is 54.0 Å². The highest BCUT2D eigenvalue weighted by atomic mass is 19.1. The van der Waals surface area contributed by atoms with Crippen molar-refractivity contribution in [2.75, 3.05) is 19.7 Å². The van der Waals surface area contributed by atoms with Crippen LogP contribution in [0, 0.1) is 17.6 Å². The van der Waals surface area contributed by atoms with Crippen LogP contribution in [-0.2, 0) is 14.3 Å². The van der Waals surface area contributed by atoms with Crippen LogP contribution in [0.1, 0.15) is 12.8 Å². The molecule has 2 heterocycles. The molecule has 0 bridgehead atoms. The number of rotatable bonds is 8. The van der Waals surface area contributed by atoms with Crippen LogP contribution in [-0.4, -0.2) is 47.6 Å². The van der Waals surface area contributed by atoms with Crippen molar-refractivity contribution in [2.45, 2.75) is 18.6 Å². The van der Waals surface area contributed by atoms with Gasteiger partial charge >= 0.3 is 11.9 Å². The van der Waals surface area contributed by atoms with E-state index in [0.717, 1.165) is 31.5 Å². The number of allylic oxidation sites excluding steroid dienone is 2. The molecule has 0 aliphatic carbocycles. The molecule has 0 saturated carbocycles. The smallest absolute Gasteiger partial charge is 0.338 e. The SMILES string of the molecule is O=C(O)/C=C(/C(=O)O)[C@@]1(Oc2ccc(F)cc2F)NC=CC=C1OCC1CCCNC1. The highest BCUT2D eigenvalue weighted by Gasteiger charge is 2.48. The predicted molar refractivity (Wildman–Crippen MR) is 105 cm³/mol. The number of dihydropyridines is 1. The van der Waals surface area contributed by atoms with E-state index in [1.807, 2.05) is 0 Å². The van der Waals surface area contributed by atoms with E-state index < -0.39 is 40.6 Å². The molecule has 3 rings (SSSR count). The maximum Gasteiger partial charge on any atom is 0.338 e. The minimum Gasteiger partial charge on any atom is -0.491 e. The summed E-state index contributed by atoms with van der Waals surface area (Å²) < 4.78 is 39.2. The summed E-state index contributed by atoms with van der Waals surface area (Å²) in [4.78, 5) is 23.3. The van der Waals surface area contributed by atoms with Gasteiger partial charge in [0.1, 0.15) is 11.4 Å². The fourth-order valence-corrected chi connectivity index (χ4v) is 3.42. The summed E-state index contributed by atoms with van der Waals surface area (Å²) in [5.74, 6) is -5.54. The molecule has 0 radical (unpaired) electrons. The molecule has 4 N–H and O–H groups in total. The van der Waals surface area contributed by atoms with Crippen LogP contribution in [0.25, 0.3) is 0 Å². The molecule has 0 spiro atoms. The lowest BCUT2D eigenvalue weighted by Gasteiger charge is -2.38. The van der Waals surface area contributed by atoms with Crippen LogP contribution in [0.4, 0.5) is 8.78 Å². The maximum absolute atomic E-state index is 14.3. The Hall–Kier alpha value is -3.40. The molecule has 0 amide bonds. The highest BCUT2D eigenvalue weighted by Crippen LogP contribution is 2.35. The Balaban J connectivity index is 2.02. The van der Waals surface area contributed by atoms with Gasteiger partial charge in [0.05, 0.1) is 6.61 Å². The van der Waals surface area contributed by atoms with E-state index in [1.165, 1.54) is 18.4 Å². The van der Waals surface area contributed by atoms with Crippen LogP contribution in [0.5, 0.6) is 5.75 Å². The Kier molecular flexibility index (Phi) is 6.91. The molecule has 166 valence electrons. The minimum atomic E-state index is -2.19. The van der Waals surface area contributed by atoms with Gasteiger partial charge in [-0.2, -0.15) is 0 Å². The number of nitrogens with one attached hydrogen (secondary N) is 2. The Morgan fingerprint density at radius 1 is 1.29 bits per heavy atom. The van der Waals surface area contributed by atoms with Crippen LogP contribution < -0.4 is 15.4 Å². The van der Waals surface area contributed by atoms with E-state index in [4.69, 9.17) is 9.47 Å². The summed E-state index contributed by atoms with van der Waals surface area (Å²) in [5.41, 5.74) is -2.94. The van der Waals surface area contributed by atoms with E-state index in [9.17, 15) is 28.6 Å². The number of carboxylic acids is 2. The highest BCUT2D eigenvalue weighted by molar-refractivity contribution is 5.97. The normalized spacial score (nSPS) is 23.5. The molecular formula is C21H22F2N2O6. The number of ether oxygens (including phenoxy) is 2. The second-order valence-corrected chi connectivity index (χ2v) is 7.12. The van der Waals surface area contributed by atoms with E-state index in [2.05, 4.69) is 10.6 Å². The molecule has 1 saturated heterocycles. The Morgan fingerprint density at radius 2 is 2.10 bits per heavy atom. The van der Waals surface area contributed by atoms with Crippen LogP contribution in [0.2, 0.25) is 0 Å². The fourth-order valence-electron chi connectivity index (χ4n) is 3.42. The molecule has 2 aliphatic rings. The summed E-state index contributed by atoms with van der Waals surface area (Å²) in [6, 6.07) is 2.49. The van der Waals surface area contributed by atoms with Gasteiger partial charge in [-0.25, -0.2) is 18.4 Å². The van der Waals surface area contributed by atoms with E-state index in [1.54, 1.807) is 0 Å². The number of hydrogen-bond acceptors (Lipinski definition) is 6. The monoisotopic (exact) mass is 436 g/mol. The van der Waals surface area contributed by atoms with Gasteiger partial charge in [-0.05, 0) is 43.7 Å². The van der Waals surface area contributed by atoms with Crippen molar-refractivity contribution in [1.29, 1.82) is 0 Å². The van der Waals surface area contributed by atoms with Gasteiger partial charge in [-0.1, -0.05) is 0 Å². The molecule has 0 aromatic heterocycles. The van der Waals surface area contributed by atoms with E-state index >= 15 is 0 Å². The van der Waals surface area contributed by atoms with Gasteiger partial charge in [0.15, 0.2) is 17.3 Å². The number of carboxylic acid groups (broad SMARTS) is 2. The van der Waals surface area contributed by atoms with Crippen molar-refractivity contribution in [1.82, 2.24) is 10.6 Å². The number of piperidine rings is 1. The third-order valence-corrected chi connectivity index (χ3v) is 4.89. The van der Waals surface area contributed by atoms with E-state index in [-0.39, 0.29) is 18.3 Å². The first-order valence-electron chi connectivity index (χ1n) is 9.63. The van der Waals surface area contributed by atoms with E-state index in [0.29, 0.717) is 18.7 Å². The second-order valence-electron chi connectivity index (χ2n) is 7.12. The topological polar surface area (TPSA) is 117 Å². The first-order chi connectivity index (χ1) is 14.8. The third-order valence-electron chi connectivity index (χ3n) is 4.89. The van der Waals surface area contributed by atoms with Crippen molar-refractivity contribution in [2.24, 2.45) is 5.92 Å². The molecule has 1 aromatic carbocycles. The van der Waals surface area contributed by atoms with Crippen molar-refractivity contribution < 1.29 is 38.1 Å². The summed E-state index contributed by atoms with van der Waals surface area (Å²) in [6.45, 7) is 1.80. The lowest BCUT2D eigenvalue weighted by Crippen LogP contribution is -2.55. The lowest BCUT2D eigenvalue weighted by molar-refractivity contribution is -0.137. The zero-order valence-corrected chi connectivity index (χ0v) is 16.4. The number of benzene rings is 1. The summed E-state index contributed by atoms with van der Waals surface area (Å²) in [7, 11) is 0. The standard InChI is InChI=1S/C21H22F2N2O6/c22-14-5-6-17(16(23)9-14)31-21(15(20(28)29)10-19(26)27)18(4-2-8-25-21)30-12-13-3-1-7-24-11-13/h2,4-6,8-10,13,24-25H,1,3,7,11-12H2,(H,26,27)(H,28,29)/b15-10-/t13?,21-/m0/s1. The van der Waals surface area contributed by atoms with Gasteiger partial charge in [0.2, 0.25) is 0 Å². The average molecular weight is 436 g/mol. The molecule has 1 fully saturated rings. The van der Waals surface area contributed by atoms with Crippen molar-refractivity contribution >= 4 is 11.9 Å². The maximum atomic E-state index is 14.3. The number of carbonyl (C=O) groups is 2. The van der Waals surface area contributed by atoms with Gasteiger partial charge in [0.25, 0.3) is 5.72 Å². The molecule has 31 heavy (non-hydrogen) atoms. The molecule has 2 atom stereocenters. The second kappa shape index (κ2) is 9.61. The largest absolute Gasteiger partial charge is 0.491 e. The summed E-state index contributed by atoms with van der Waals surface area (Å²) in [5, 5.41) is 24.9. The number of halogens is 2. The third kappa shape index (κ3) is 5.21. The molecule has 8 nitrogen and oxygen atoms in total. The Labute approximate surface area is 176 Å². The van der Waals surface area contributed by atoms with Gasteiger partial charge in [-0.3, -0.25) is 0 Å². The fraction of sp³-hybridized carbons (Fsp3) is 0.333. The summed E-state index contributed by atoms with van der Waals surface area (Å²) in [6.07, 6.45) is 6.52. The minimum absolute atomic E-state index is 0.0702. The average Bonchev–Trinajstić information content (AvgIpc) is 2.74.